The predicted molar refractivity (Wildman–Crippen MR) is 82.1 cm³/mol. The average molecular weight is 320 g/mol. The molecule has 1 saturated heterocycles. The van der Waals surface area contributed by atoms with E-state index >= 15 is 0 Å². The molecule has 2 heterocycles. The summed E-state index contributed by atoms with van der Waals surface area (Å²) < 4.78 is 5.55. The van der Waals surface area contributed by atoms with Gasteiger partial charge in [0.2, 0.25) is 0 Å². The minimum Gasteiger partial charge on any atom is -0.394 e. The van der Waals surface area contributed by atoms with E-state index in [0.29, 0.717) is 22.5 Å². The van der Waals surface area contributed by atoms with E-state index in [1.165, 1.54) is 0 Å². The lowest BCUT2D eigenvalue weighted by molar-refractivity contribution is 0.0158. The molecule has 1 aromatic heterocycles. The molecule has 0 aliphatic carbocycles. The van der Waals surface area contributed by atoms with Crippen LogP contribution >= 0.6 is 23.2 Å². The Bertz CT molecular complexity index is 451. The third-order valence-electron chi connectivity index (χ3n) is 3.33. The number of halogens is 2. The maximum atomic E-state index is 8.76. The number of aliphatic hydroxyl groups is 1. The molecule has 0 atom stereocenters. The number of anilines is 2. The SMILES string of the molecule is CNc1nc(N2CCC(OCCO)CC2)c(Cl)cc1Cl. The lowest BCUT2D eigenvalue weighted by Crippen LogP contribution is -2.38. The maximum absolute atomic E-state index is 8.76. The maximum Gasteiger partial charge on any atom is 0.149 e. The number of ether oxygens (including phenoxy) is 1. The highest BCUT2D eigenvalue weighted by Crippen LogP contribution is 2.32. The van der Waals surface area contributed by atoms with Crippen LogP contribution in [0.1, 0.15) is 12.8 Å². The molecular formula is C13H19Cl2N3O2. The van der Waals surface area contributed by atoms with Gasteiger partial charge in [0.1, 0.15) is 11.6 Å². The monoisotopic (exact) mass is 319 g/mol. The molecule has 0 aromatic carbocycles. The van der Waals surface area contributed by atoms with E-state index in [1.54, 1.807) is 13.1 Å². The lowest BCUT2D eigenvalue weighted by Gasteiger charge is -2.33. The number of rotatable bonds is 5. The Balaban J connectivity index is 2.03. The van der Waals surface area contributed by atoms with Crippen molar-refractivity contribution in [2.75, 3.05) is 43.6 Å². The number of hydrogen-bond acceptors (Lipinski definition) is 5. The van der Waals surface area contributed by atoms with Crippen molar-refractivity contribution in [1.82, 2.24) is 4.98 Å². The third-order valence-corrected chi connectivity index (χ3v) is 3.90. The molecule has 0 radical (unpaired) electrons. The number of pyridine rings is 1. The minimum atomic E-state index is 0.0658. The fraction of sp³-hybridized carbons (Fsp3) is 0.615. The van der Waals surface area contributed by atoms with Crippen LogP contribution in [0, 0.1) is 0 Å². The molecule has 1 aliphatic heterocycles. The first-order chi connectivity index (χ1) is 9.65. The third kappa shape index (κ3) is 3.67. The lowest BCUT2D eigenvalue weighted by atomic mass is 10.1. The van der Waals surface area contributed by atoms with Gasteiger partial charge in [0.05, 0.1) is 29.4 Å². The van der Waals surface area contributed by atoms with Crippen molar-refractivity contribution < 1.29 is 9.84 Å². The highest BCUT2D eigenvalue weighted by atomic mass is 35.5. The van der Waals surface area contributed by atoms with E-state index < -0.39 is 0 Å². The van der Waals surface area contributed by atoms with Crippen molar-refractivity contribution in [2.24, 2.45) is 0 Å². The van der Waals surface area contributed by atoms with Crippen molar-refractivity contribution >= 4 is 34.8 Å². The average Bonchev–Trinajstić information content (AvgIpc) is 2.46. The molecule has 0 amide bonds. The Hall–Kier alpha value is -0.750. The van der Waals surface area contributed by atoms with Crippen LogP contribution in [-0.2, 0) is 4.74 Å². The van der Waals surface area contributed by atoms with Crippen molar-refractivity contribution in [2.45, 2.75) is 18.9 Å². The van der Waals surface area contributed by atoms with Gasteiger partial charge in [-0.25, -0.2) is 4.98 Å². The van der Waals surface area contributed by atoms with Crippen molar-refractivity contribution in [3.8, 4) is 0 Å². The Labute approximate surface area is 128 Å². The zero-order valence-corrected chi connectivity index (χ0v) is 12.9. The molecule has 2 N–H and O–H groups in total. The van der Waals surface area contributed by atoms with Crippen molar-refractivity contribution in [1.29, 1.82) is 0 Å². The van der Waals surface area contributed by atoms with Gasteiger partial charge in [-0.1, -0.05) is 23.2 Å². The summed E-state index contributed by atoms with van der Waals surface area (Å²) in [6.45, 7) is 2.12. The van der Waals surface area contributed by atoms with E-state index in [-0.39, 0.29) is 12.7 Å². The van der Waals surface area contributed by atoms with Crippen LogP contribution in [0.3, 0.4) is 0 Å². The molecule has 0 spiro atoms. The van der Waals surface area contributed by atoms with Crippen molar-refractivity contribution in [3.05, 3.63) is 16.1 Å². The number of hydrogen-bond donors (Lipinski definition) is 2. The summed E-state index contributed by atoms with van der Waals surface area (Å²) in [6.07, 6.45) is 2.00. The highest BCUT2D eigenvalue weighted by molar-refractivity contribution is 6.37. The first kappa shape index (κ1) is 15.6. The Morgan fingerprint density at radius 1 is 1.40 bits per heavy atom. The summed E-state index contributed by atoms with van der Waals surface area (Å²) in [7, 11) is 1.78. The van der Waals surface area contributed by atoms with Crippen LogP contribution in [-0.4, -0.2) is 49.5 Å². The Morgan fingerprint density at radius 3 is 2.70 bits per heavy atom. The Morgan fingerprint density at radius 2 is 2.10 bits per heavy atom. The fourth-order valence-corrected chi connectivity index (χ4v) is 2.88. The van der Waals surface area contributed by atoms with Crippen LogP contribution < -0.4 is 10.2 Å². The molecule has 2 rings (SSSR count). The summed E-state index contributed by atoms with van der Waals surface area (Å²) in [5.74, 6) is 1.38. The Kier molecular flexibility index (Phi) is 5.72. The summed E-state index contributed by atoms with van der Waals surface area (Å²) in [4.78, 5) is 6.61. The van der Waals surface area contributed by atoms with Gasteiger partial charge in [0.15, 0.2) is 0 Å². The second-order valence-corrected chi connectivity index (χ2v) is 5.47. The molecule has 7 heteroatoms. The minimum absolute atomic E-state index is 0.0658. The fourth-order valence-electron chi connectivity index (χ4n) is 2.31. The summed E-state index contributed by atoms with van der Waals surface area (Å²) in [5, 5.41) is 12.8. The molecule has 1 aromatic rings. The number of nitrogens with zero attached hydrogens (tertiary/aromatic N) is 2. The van der Waals surface area contributed by atoms with Gasteiger partial charge in [0.25, 0.3) is 0 Å². The molecule has 0 bridgehead atoms. The quantitative estimate of drug-likeness (QED) is 0.872. The van der Waals surface area contributed by atoms with Crippen LogP contribution in [0.2, 0.25) is 10.0 Å². The van der Waals surface area contributed by atoms with E-state index in [9.17, 15) is 0 Å². The van der Waals surface area contributed by atoms with Gasteiger partial charge in [-0.3, -0.25) is 0 Å². The van der Waals surface area contributed by atoms with Crippen LogP contribution in [0.25, 0.3) is 0 Å². The van der Waals surface area contributed by atoms with Gasteiger partial charge in [-0.15, -0.1) is 0 Å². The number of aliphatic hydroxyl groups excluding tert-OH is 1. The summed E-state index contributed by atoms with van der Waals surface area (Å²) in [6, 6.07) is 1.71. The first-order valence-corrected chi connectivity index (χ1v) is 7.42. The van der Waals surface area contributed by atoms with E-state index in [1.807, 2.05) is 0 Å². The molecule has 112 valence electrons. The van der Waals surface area contributed by atoms with Gasteiger partial charge in [-0.2, -0.15) is 0 Å². The smallest absolute Gasteiger partial charge is 0.149 e. The normalized spacial score (nSPS) is 16.5. The standard InChI is InChI=1S/C13H19Cl2N3O2/c1-16-12-10(14)8-11(15)13(17-12)18-4-2-9(3-5-18)20-7-6-19/h8-9,19H,2-7H2,1H3,(H,16,17). The molecule has 0 saturated carbocycles. The van der Waals surface area contributed by atoms with Gasteiger partial charge < -0.3 is 20.1 Å². The number of aromatic nitrogens is 1. The van der Waals surface area contributed by atoms with Gasteiger partial charge >= 0.3 is 0 Å². The highest BCUT2D eigenvalue weighted by Gasteiger charge is 2.23. The molecule has 20 heavy (non-hydrogen) atoms. The number of nitrogens with one attached hydrogen (secondary N) is 1. The summed E-state index contributed by atoms with van der Waals surface area (Å²) in [5.41, 5.74) is 0. The van der Waals surface area contributed by atoms with E-state index in [4.69, 9.17) is 33.0 Å². The van der Waals surface area contributed by atoms with Crippen LogP contribution in [0.5, 0.6) is 0 Å². The van der Waals surface area contributed by atoms with E-state index in [0.717, 1.165) is 31.7 Å². The first-order valence-electron chi connectivity index (χ1n) is 6.67. The topological polar surface area (TPSA) is 57.6 Å². The van der Waals surface area contributed by atoms with Crippen LogP contribution in [0.15, 0.2) is 6.07 Å². The summed E-state index contributed by atoms with van der Waals surface area (Å²) >= 11 is 12.3. The second kappa shape index (κ2) is 7.31. The zero-order chi connectivity index (χ0) is 14.5. The molecule has 5 nitrogen and oxygen atoms in total. The van der Waals surface area contributed by atoms with Gasteiger partial charge in [0, 0.05) is 20.1 Å². The predicted octanol–water partition coefficient (Wildman–Crippen LogP) is 2.41. The largest absolute Gasteiger partial charge is 0.394 e. The molecule has 1 aliphatic rings. The van der Waals surface area contributed by atoms with Gasteiger partial charge in [-0.05, 0) is 18.9 Å². The molecular weight excluding hydrogens is 301 g/mol. The zero-order valence-electron chi connectivity index (χ0n) is 11.4. The number of piperidine rings is 1. The molecule has 0 unspecified atom stereocenters. The van der Waals surface area contributed by atoms with E-state index in [2.05, 4.69) is 15.2 Å². The molecule has 1 fully saturated rings. The van der Waals surface area contributed by atoms with Crippen LogP contribution in [0.4, 0.5) is 11.6 Å². The second-order valence-electron chi connectivity index (χ2n) is 4.66. The van der Waals surface area contributed by atoms with Crippen molar-refractivity contribution in [3.63, 3.8) is 0 Å².